The van der Waals surface area contributed by atoms with Gasteiger partial charge < -0.3 is 14.8 Å². The fourth-order valence-electron chi connectivity index (χ4n) is 2.52. The van der Waals surface area contributed by atoms with Crippen molar-refractivity contribution in [3.05, 3.63) is 34.3 Å². The first-order valence-corrected chi connectivity index (χ1v) is 8.41. The van der Waals surface area contributed by atoms with E-state index in [0.717, 1.165) is 10.0 Å². The van der Waals surface area contributed by atoms with Crippen molar-refractivity contribution in [2.45, 2.75) is 51.2 Å². The van der Waals surface area contributed by atoms with Gasteiger partial charge in [-0.2, -0.15) is 0 Å². The molecule has 0 heterocycles. The van der Waals surface area contributed by atoms with E-state index in [1.807, 2.05) is 24.3 Å². The van der Waals surface area contributed by atoms with Crippen molar-refractivity contribution in [3.8, 4) is 0 Å². The van der Waals surface area contributed by atoms with Gasteiger partial charge in [-0.05, 0) is 51.8 Å². The Bertz CT molecular complexity index is 594. The third kappa shape index (κ3) is 4.25. The number of nitrogens with one attached hydrogen (secondary N) is 1. The van der Waals surface area contributed by atoms with Gasteiger partial charge in [0, 0.05) is 10.4 Å². The average molecular weight is 384 g/mol. The molecule has 1 saturated carbocycles. The molecule has 5 nitrogen and oxygen atoms in total. The fourth-order valence-corrected chi connectivity index (χ4v) is 2.79. The van der Waals surface area contributed by atoms with Gasteiger partial charge in [-0.1, -0.05) is 28.1 Å². The van der Waals surface area contributed by atoms with E-state index < -0.39 is 23.2 Å². The summed E-state index contributed by atoms with van der Waals surface area (Å²) in [6, 6.07) is 7.70. The molecule has 0 unspecified atom stereocenters. The largest absolute Gasteiger partial charge is 0.464 e. The highest BCUT2D eigenvalue weighted by Gasteiger charge is 2.63. The van der Waals surface area contributed by atoms with Gasteiger partial charge in [0.25, 0.3) is 0 Å². The van der Waals surface area contributed by atoms with E-state index in [0.29, 0.717) is 6.42 Å². The Morgan fingerprint density at radius 3 is 2.43 bits per heavy atom. The number of esters is 1. The van der Waals surface area contributed by atoms with Crippen molar-refractivity contribution in [2.24, 2.45) is 0 Å². The first-order chi connectivity index (χ1) is 10.7. The molecule has 0 bridgehead atoms. The van der Waals surface area contributed by atoms with Gasteiger partial charge in [0.15, 0.2) is 0 Å². The number of carbonyl (C=O) groups is 2. The summed E-state index contributed by atoms with van der Waals surface area (Å²) in [6.45, 7) is 7.36. The van der Waals surface area contributed by atoms with E-state index in [-0.39, 0.29) is 12.5 Å². The fraction of sp³-hybridized carbons (Fsp3) is 0.529. The van der Waals surface area contributed by atoms with Crippen LogP contribution in [0.5, 0.6) is 0 Å². The van der Waals surface area contributed by atoms with E-state index in [1.54, 1.807) is 27.7 Å². The highest BCUT2D eigenvalue weighted by molar-refractivity contribution is 9.10. The zero-order valence-electron chi connectivity index (χ0n) is 13.8. The van der Waals surface area contributed by atoms with Gasteiger partial charge in [0.1, 0.15) is 11.1 Å². The molecule has 1 aliphatic carbocycles. The number of hydrogen-bond donors (Lipinski definition) is 1. The molecule has 0 spiro atoms. The molecule has 2 atom stereocenters. The maximum atomic E-state index is 12.4. The Labute approximate surface area is 144 Å². The molecular weight excluding hydrogens is 362 g/mol. The van der Waals surface area contributed by atoms with Crippen molar-refractivity contribution < 1.29 is 19.1 Å². The lowest BCUT2D eigenvalue weighted by molar-refractivity contribution is -0.147. The first-order valence-electron chi connectivity index (χ1n) is 7.62. The summed E-state index contributed by atoms with van der Waals surface area (Å²) in [5.74, 6) is -0.527. The van der Waals surface area contributed by atoms with E-state index in [1.165, 1.54) is 0 Å². The van der Waals surface area contributed by atoms with Gasteiger partial charge >= 0.3 is 12.1 Å². The van der Waals surface area contributed by atoms with Crippen molar-refractivity contribution >= 4 is 28.0 Å². The molecule has 126 valence electrons. The van der Waals surface area contributed by atoms with Crippen molar-refractivity contribution in [2.75, 3.05) is 6.61 Å². The predicted octanol–water partition coefficient (Wildman–Crippen LogP) is 3.76. The number of benzene rings is 1. The third-order valence-electron chi connectivity index (χ3n) is 3.60. The molecule has 1 aliphatic rings. The summed E-state index contributed by atoms with van der Waals surface area (Å²) < 4.78 is 11.4. The molecular formula is C17H22BrNO4. The molecule has 1 N–H and O–H groups in total. The number of carbonyl (C=O) groups excluding carboxylic acids is 2. The maximum Gasteiger partial charge on any atom is 0.408 e. The number of ether oxygens (including phenoxy) is 2. The zero-order valence-corrected chi connectivity index (χ0v) is 15.4. The molecule has 1 amide bonds. The van der Waals surface area contributed by atoms with Gasteiger partial charge in [-0.25, -0.2) is 9.59 Å². The number of rotatable bonds is 4. The van der Waals surface area contributed by atoms with Crippen LogP contribution in [-0.2, 0) is 14.3 Å². The lowest BCUT2D eigenvalue weighted by Gasteiger charge is -2.23. The summed E-state index contributed by atoms with van der Waals surface area (Å²) >= 11 is 3.39. The van der Waals surface area contributed by atoms with Crippen LogP contribution in [0.4, 0.5) is 4.79 Å². The molecule has 1 aromatic rings. The van der Waals surface area contributed by atoms with Crippen LogP contribution in [-0.4, -0.2) is 29.8 Å². The van der Waals surface area contributed by atoms with Gasteiger partial charge in [-0.15, -0.1) is 0 Å². The minimum absolute atomic E-state index is 0.109. The quantitative estimate of drug-likeness (QED) is 0.803. The molecule has 1 fully saturated rings. The molecule has 2 rings (SSSR count). The molecule has 0 radical (unpaired) electrons. The lowest BCUT2D eigenvalue weighted by atomic mass is 10.1. The van der Waals surface area contributed by atoms with Crippen LogP contribution in [0, 0.1) is 0 Å². The summed E-state index contributed by atoms with van der Waals surface area (Å²) in [7, 11) is 0. The summed E-state index contributed by atoms with van der Waals surface area (Å²) in [5, 5.41) is 2.72. The third-order valence-corrected chi connectivity index (χ3v) is 4.13. The predicted molar refractivity (Wildman–Crippen MR) is 90.2 cm³/mol. The molecule has 0 aromatic heterocycles. The normalized spacial score (nSPS) is 23.1. The van der Waals surface area contributed by atoms with Crippen LogP contribution >= 0.6 is 15.9 Å². The smallest absolute Gasteiger partial charge is 0.408 e. The molecule has 23 heavy (non-hydrogen) atoms. The van der Waals surface area contributed by atoms with E-state index in [9.17, 15) is 9.59 Å². The number of alkyl carbamates (subject to hydrolysis) is 1. The van der Waals surface area contributed by atoms with Crippen LogP contribution in [0.25, 0.3) is 0 Å². The van der Waals surface area contributed by atoms with E-state index in [4.69, 9.17) is 9.47 Å². The number of halogens is 1. The van der Waals surface area contributed by atoms with Crippen LogP contribution in [0.3, 0.4) is 0 Å². The average Bonchev–Trinajstić information content (AvgIpc) is 3.13. The van der Waals surface area contributed by atoms with Crippen LogP contribution in [0.1, 0.15) is 45.6 Å². The van der Waals surface area contributed by atoms with Gasteiger partial charge in [0.2, 0.25) is 0 Å². The van der Waals surface area contributed by atoms with Crippen molar-refractivity contribution in [3.63, 3.8) is 0 Å². The number of hydrogen-bond acceptors (Lipinski definition) is 4. The molecule has 1 aromatic carbocycles. The highest BCUT2D eigenvalue weighted by atomic mass is 79.9. The number of amides is 1. The van der Waals surface area contributed by atoms with E-state index in [2.05, 4.69) is 21.2 Å². The highest BCUT2D eigenvalue weighted by Crippen LogP contribution is 2.52. The molecule has 6 heteroatoms. The minimum Gasteiger partial charge on any atom is -0.464 e. The van der Waals surface area contributed by atoms with Gasteiger partial charge in [0.05, 0.1) is 6.61 Å². The summed E-state index contributed by atoms with van der Waals surface area (Å²) in [5.41, 5.74) is -0.675. The minimum atomic E-state index is -1.04. The van der Waals surface area contributed by atoms with Crippen LogP contribution in [0.2, 0.25) is 0 Å². The Balaban J connectivity index is 2.18. The molecule has 0 aliphatic heterocycles. The summed E-state index contributed by atoms with van der Waals surface area (Å²) in [6.07, 6.45) is -0.0997. The summed E-state index contributed by atoms with van der Waals surface area (Å²) in [4.78, 5) is 24.5. The Kier molecular flexibility index (Phi) is 5.04. The van der Waals surface area contributed by atoms with Crippen molar-refractivity contribution in [1.82, 2.24) is 5.32 Å². The Morgan fingerprint density at radius 2 is 1.91 bits per heavy atom. The second kappa shape index (κ2) is 6.51. The van der Waals surface area contributed by atoms with Crippen molar-refractivity contribution in [1.29, 1.82) is 0 Å². The van der Waals surface area contributed by atoms with E-state index >= 15 is 0 Å². The first kappa shape index (κ1) is 17.8. The SMILES string of the molecule is CCOC(=O)[C@]1(NC(=O)OC(C)(C)C)C[C@H]1c1ccc(Br)cc1. The van der Waals surface area contributed by atoms with Crippen LogP contribution in [0.15, 0.2) is 28.7 Å². The maximum absolute atomic E-state index is 12.4. The topological polar surface area (TPSA) is 64.6 Å². The molecule has 0 saturated heterocycles. The zero-order chi connectivity index (χ0) is 17.3. The monoisotopic (exact) mass is 383 g/mol. The van der Waals surface area contributed by atoms with Gasteiger partial charge in [-0.3, -0.25) is 0 Å². The van der Waals surface area contributed by atoms with Crippen LogP contribution < -0.4 is 5.32 Å². The Hall–Kier alpha value is -1.56. The second-order valence-corrected chi connectivity index (χ2v) is 7.54. The standard InChI is InChI=1S/C17H22BrNO4/c1-5-22-14(20)17(19-15(21)23-16(2,3)4)10-13(17)11-6-8-12(18)9-7-11/h6-9,13H,5,10H2,1-4H3,(H,19,21)/t13-,17-/m0/s1. The second-order valence-electron chi connectivity index (χ2n) is 6.63. The lowest BCUT2D eigenvalue weighted by Crippen LogP contribution is -2.47. The Morgan fingerprint density at radius 1 is 1.30 bits per heavy atom.